The van der Waals surface area contributed by atoms with Crippen molar-refractivity contribution in [1.82, 2.24) is 0 Å². The molecule has 8 aliphatic rings. The van der Waals surface area contributed by atoms with Crippen molar-refractivity contribution in [2.45, 2.75) is 223 Å². The smallest absolute Gasteiger partial charge is 0.310 e. The number of allylic oxidation sites excluding steroid dienone is 2. The van der Waals surface area contributed by atoms with Crippen LogP contribution in [0, 0.1) is 45.3 Å². The zero-order chi connectivity index (χ0) is 52.1. The first-order chi connectivity index (χ1) is 33.1. The van der Waals surface area contributed by atoms with E-state index in [-0.39, 0.29) is 47.0 Å². The summed E-state index contributed by atoms with van der Waals surface area (Å²) in [5.41, 5.74) is -1.85. The largest absolute Gasteiger partial charge is 0.456 e. The number of hydrogen-bond donors (Lipinski definition) is 11. The van der Waals surface area contributed by atoms with Crippen molar-refractivity contribution < 1.29 is 104 Å². The van der Waals surface area contributed by atoms with Crippen LogP contribution in [0.1, 0.15) is 107 Å². The van der Waals surface area contributed by atoms with Gasteiger partial charge < -0.3 is 94.1 Å². The van der Waals surface area contributed by atoms with Gasteiger partial charge in [0.2, 0.25) is 0 Å². The highest BCUT2D eigenvalue weighted by Gasteiger charge is 2.68. The Morgan fingerprint density at radius 1 is 0.732 bits per heavy atom. The molecule has 8 rings (SSSR count). The quantitative estimate of drug-likeness (QED) is 0.0879. The monoisotopic (exact) mass is 1020 g/mol. The first-order valence-corrected chi connectivity index (χ1v) is 25.5. The molecule has 3 saturated carbocycles. The van der Waals surface area contributed by atoms with Gasteiger partial charge in [0, 0.05) is 12.3 Å². The Balaban J connectivity index is 1.03. The van der Waals surface area contributed by atoms with E-state index in [0.29, 0.717) is 19.3 Å². The number of esters is 2. The lowest BCUT2D eigenvalue weighted by Gasteiger charge is -2.64. The molecule has 0 aromatic carbocycles. The molecule has 0 aromatic heterocycles. The summed E-state index contributed by atoms with van der Waals surface area (Å²) in [5, 5.41) is 120. The molecule has 0 aromatic rings. The molecule has 26 atom stereocenters. The number of ether oxygens (including phenoxy) is 8. The molecule has 0 amide bonds. The first-order valence-electron chi connectivity index (χ1n) is 25.5. The number of carbonyl (C=O) groups is 2. The van der Waals surface area contributed by atoms with Gasteiger partial charge in [-0.05, 0) is 106 Å². The van der Waals surface area contributed by atoms with Crippen molar-refractivity contribution in [2.75, 3.05) is 19.8 Å². The van der Waals surface area contributed by atoms with Gasteiger partial charge in [0.25, 0.3) is 0 Å². The van der Waals surface area contributed by atoms with E-state index < -0.39 is 153 Å². The fourth-order valence-corrected chi connectivity index (χ4v) is 14.7. The summed E-state index contributed by atoms with van der Waals surface area (Å²) in [6.45, 7) is 13.3. The summed E-state index contributed by atoms with van der Waals surface area (Å²) in [6.07, 6.45) is -19.8. The highest BCUT2D eigenvalue weighted by atomic mass is 16.7. The van der Waals surface area contributed by atoms with Gasteiger partial charge >= 0.3 is 11.9 Å². The van der Waals surface area contributed by atoms with Gasteiger partial charge in [-0.2, -0.15) is 0 Å². The molecule has 71 heavy (non-hydrogen) atoms. The van der Waals surface area contributed by atoms with Crippen LogP contribution in [0.2, 0.25) is 0 Å². The minimum Gasteiger partial charge on any atom is -0.456 e. The highest BCUT2D eigenvalue weighted by Crippen LogP contribution is 2.73. The van der Waals surface area contributed by atoms with E-state index in [2.05, 4.69) is 26.8 Å². The minimum atomic E-state index is -1.90. The Labute approximate surface area is 414 Å². The summed E-state index contributed by atoms with van der Waals surface area (Å²) in [6, 6.07) is 0. The molecule has 0 unspecified atom stereocenters. The highest BCUT2D eigenvalue weighted by molar-refractivity contribution is 5.74. The number of aliphatic hydroxyl groups excluding tert-OH is 11. The van der Waals surface area contributed by atoms with Crippen LogP contribution >= 0.6 is 0 Å². The summed E-state index contributed by atoms with van der Waals surface area (Å²) >= 11 is 0. The summed E-state index contributed by atoms with van der Waals surface area (Å²) in [7, 11) is 0. The number of hydrogen-bond acceptors (Lipinski definition) is 21. The molecule has 7 fully saturated rings. The van der Waals surface area contributed by atoms with E-state index in [1.54, 1.807) is 13.8 Å². The number of cyclic esters (lactones) is 1. The third-order valence-corrected chi connectivity index (χ3v) is 19.2. The molecule has 4 saturated heterocycles. The molecule has 4 aliphatic carbocycles. The molecule has 0 radical (unpaired) electrons. The van der Waals surface area contributed by atoms with Gasteiger partial charge in [-0.15, -0.1) is 0 Å². The predicted molar refractivity (Wildman–Crippen MR) is 243 cm³/mol. The van der Waals surface area contributed by atoms with Crippen LogP contribution in [-0.4, -0.2) is 204 Å². The fourth-order valence-electron chi connectivity index (χ4n) is 14.7. The van der Waals surface area contributed by atoms with E-state index in [1.807, 2.05) is 6.92 Å². The zero-order valence-corrected chi connectivity index (χ0v) is 42.1. The standard InChI is InChI=1S/C50H80O21/c1-21-32(55)35(58)37(60)43(66-21)64-19-29-34(57)40(70-45-38(61)36(59)33(56)28(18-51)68-45)39(62)44(69-29)65-20-48(6)30-10-9-26-25(47(30,5)14-13-31(48)54)12-16-49(7)24(11-15-50(26,49)8)23-17-27(53)41(67-22(2)52)46(3,4)71-42(23)63/h9,21,23-25,27-41,43-45,51,53-62H,10-20H2,1-8H3/t21-,23-,24-,25-,27+,28+,29+,30+,31-,32-,33+,34+,35+,36-,37+,38+,39+,40-,41-,43+,44+,45-,47+,48+,49-,50+/m0/s1. The van der Waals surface area contributed by atoms with Crippen molar-refractivity contribution in [3.05, 3.63) is 11.6 Å². The van der Waals surface area contributed by atoms with Crippen LogP contribution in [0.15, 0.2) is 11.6 Å². The maximum Gasteiger partial charge on any atom is 0.310 e. The Bertz CT molecular complexity index is 1950. The molecular weight excluding hydrogens is 937 g/mol. The van der Waals surface area contributed by atoms with Crippen LogP contribution in [0.3, 0.4) is 0 Å². The summed E-state index contributed by atoms with van der Waals surface area (Å²) < 4.78 is 47.1. The van der Waals surface area contributed by atoms with E-state index in [9.17, 15) is 65.8 Å². The topological polar surface area (TPSA) is 331 Å². The Morgan fingerprint density at radius 3 is 2.06 bits per heavy atom. The van der Waals surface area contributed by atoms with Crippen LogP contribution in [-0.2, 0) is 47.5 Å². The predicted octanol–water partition coefficient (Wildman–Crippen LogP) is -0.941. The average molecular weight is 1020 g/mol. The lowest BCUT2D eigenvalue weighted by atomic mass is 9.40. The number of fused-ring (bicyclic) bond motifs is 5. The average Bonchev–Trinajstić information content (AvgIpc) is 3.55. The third kappa shape index (κ3) is 9.35. The van der Waals surface area contributed by atoms with Crippen molar-refractivity contribution in [3.63, 3.8) is 0 Å². The SMILES string of the molecule is CC(=O)O[C@H]1[C@H](O)C[C@@H]([C@@H]2CC[C@]3(C)C4=CC[C@@H]5[C@](C)(CC[C@H](O)[C@]5(C)CO[C@@H]5O[C@H](CO[C@@H]6O[C@@H](C)[C@H](O)[C@@H](O)[C@H]6O)[C@@H](O)[C@H](O[C@@H]6O[C@H](CO)[C@@H](O)[C@H](O)[C@H]6O)[C@H]5O)[C@H]4CC[C@@]23C)C(=O)OC1(C)C. The van der Waals surface area contributed by atoms with Gasteiger partial charge in [0.1, 0.15) is 72.7 Å². The van der Waals surface area contributed by atoms with Crippen molar-refractivity contribution in [1.29, 1.82) is 0 Å². The number of carbonyl (C=O) groups excluding carboxylic acids is 2. The van der Waals surface area contributed by atoms with Crippen LogP contribution < -0.4 is 0 Å². The van der Waals surface area contributed by atoms with Gasteiger partial charge in [-0.3, -0.25) is 9.59 Å². The van der Waals surface area contributed by atoms with Gasteiger partial charge in [-0.25, -0.2) is 0 Å². The second-order valence-corrected chi connectivity index (χ2v) is 23.6. The van der Waals surface area contributed by atoms with E-state index in [1.165, 1.54) is 19.4 Å². The maximum atomic E-state index is 14.0. The molecule has 0 bridgehead atoms. The fraction of sp³-hybridized carbons (Fsp3) is 0.920. The molecular formula is C50H80O21. The van der Waals surface area contributed by atoms with Crippen molar-refractivity contribution in [2.24, 2.45) is 45.3 Å². The molecule has 21 heteroatoms. The van der Waals surface area contributed by atoms with Gasteiger partial charge in [0.15, 0.2) is 25.0 Å². The minimum absolute atomic E-state index is 0.105. The van der Waals surface area contributed by atoms with Gasteiger partial charge in [-0.1, -0.05) is 39.3 Å². The van der Waals surface area contributed by atoms with Crippen LogP contribution in [0.5, 0.6) is 0 Å². The molecule has 406 valence electrons. The Kier molecular flexibility index (Phi) is 15.7. The second kappa shape index (κ2) is 20.2. The molecule has 0 spiro atoms. The van der Waals surface area contributed by atoms with E-state index in [4.69, 9.17) is 37.9 Å². The normalized spacial score (nSPS) is 53.1. The molecule has 4 heterocycles. The van der Waals surface area contributed by atoms with E-state index in [0.717, 1.165) is 25.7 Å². The first kappa shape index (κ1) is 55.2. The Hall–Kier alpha value is -2.00. The van der Waals surface area contributed by atoms with Crippen LogP contribution in [0.25, 0.3) is 0 Å². The molecule has 11 N–H and O–H groups in total. The lowest BCUT2D eigenvalue weighted by Crippen LogP contribution is -2.65. The zero-order valence-electron chi connectivity index (χ0n) is 42.1. The summed E-state index contributed by atoms with van der Waals surface area (Å²) in [5.74, 6) is -1.75. The molecule has 21 nitrogen and oxygen atoms in total. The third-order valence-electron chi connectivity index (χ3n) is 19.2. The van der Waals surface area contributed by atoms with E-state index >= 15 is 0 Å². The molecule has 4 aliphatic heterocycles. The number of aliphatic hydroxyl groups is 11. The Morgan fingerprint density at radius 2 is 1.38 bits per heavy atom. The van der Waals surface area contributed by atoms with Crippen molar-refractivity contribution >= 4 is 11.9 Å². The lowest BCUT2D eigenvalue weighted by molar-refractivity contribution is -0.368. The summed E-state index contributed by atoms with van der Waals surface area (Å²) in [4.78, 5) is 26.1. The number of rotatable bonds is 11. The second-order valence-electron chi connectivity index (χ2n) is 23.6. The van der Waals surface area contributed by atoms with Crippen molar-refractivity contribution in [3.8, 4) is 0 Å². The maximum absolute atomic E-state index is 14.0. The van der Waals surface area contributed by atoms with Gasteiger partial charge in [0.05, 0.1) is 44.1 Å². The van der Waals surface area contributed by atoms with Crippen LogP contribution in [0.4, 0.5) is 0 Å².